The van der Waals surface area contributed by atoms with Crippen LogP contribution in [0.1, 0.15) is 119 Å². The van der Waals surface area contributed by atoms with Crippen molar-refractivity contribution in [1.29, 1.82) is 0 Å². The number of rotatable bonds is 23. The number of ketones is 3. The number of carboxylic acid groups (broad SMARTS) is 1. The molecular formula is C41H88N5O9W5-5. The number of hydrogen-bond acceptors (Lipinski definition) is 13. The van der Waals surface area contributed by atoms with Crippen LogP contribution in [0.5, 0.6) is 0 Å². The molecule has 60 heavy (non-hydrogen) atoms. The Morgan fingerprint density at radius 2 is 0.950 bits per heavy atom. The molecule has 0 aromatic heterocycles. The predicted molar refractivity (Wildman–Crippen MR) is 230 cm³/mol. The Hall–Kier alpha value is 1.11. The number of hydrogen-bond donors (Lipinski definition) is 7. The average Bonchev–Trinajstić information content (AvgIpc) is 3.18. The van der Waals surface area contributed by atoms with E-state index in [0.717, 1.165) is 32.8 Å². The van der Waals surface area contributed by atoms with E-state index in [-0.39, 0.29) is 161 Å². The van der Waals surface area contributed by atoms with Crippen LogP contribution in [0, 0.1) is 34.6 Å². The van der Waals surface area contributed by atoms with E-state index in [1.165, 1.54) is 7.11 Å². The number of aliphatic hydroxyl groups is 2. The molecule has 8 N–H and O–H groups in total. The molecule has 0 bridgehead atoms. The molecule has 0 aliphatic carbocycles. The number of esters is 1. The van der Waals surface area contributed by atoms with E-state index in [9.17, 15) is 24.0 Å². The van der Waals surface area contributed by atoms with Gasteiger partial charge in [0.15, 0.2) is 0 Å². The monoisotopic (exact) mass is 1710 g/mol. The summed E-state index contributed by atoms with van der Waals surface area (Å²) in [7, 11) is 11.2. The number of carbonyl (C=O) groups is 5. The first-order valence-corrected chi connectivity index (χ1v) is 18.9. The molecule has 0 spiro atoms. The Morgan fingerprint density at radius 3 is 1.12 bits per heavy atom. The van der Waals surface area contributed by atoms with Gasteiger partial charge >= 0.3 is 11.9 Å². The number of carbonyl (C=O) groups excluding carboxylic acids is 4. The van der Waals surface area contributed by atoms with Crippen LogP contribution >= 0.6 is 0 Å². The molecule has 19 heteroatoms. The van der Waals surface area contributed by atoms with Crippen LogP contribution in [-0.2, 0) is 134 Å². The maximum atomic E-state index is 11.3. The van der Waals surface area contributed by atoms with Crippen LogP contribution in [0.2, 0.25) is 0 Å². The van der Waals surface area contributed by atoms with Gasteiger partial charge in [-0.2, -0.15) is 32.1 Å². The van der Waals surface area contributed by atoms with Crippen molar-refractivity contribution in [2.45, 2.75) is 149 Å². The zero-order chi connectivity index (χ0) is 44.1. The summed E-state index contributed by atoms with van der Waals surface area (Å²) in [5.41, 5.74) is 5.45. The van der Waals surface area contributed by atoms with Crippen LogP contribution in [0.4, 0.5) is 0 Å². The van der Waals surface area contributed by atoms with Crippen LogP contribution in [0.3, 0.4) is 0 Å². The van der Waals surface area contributed by atoms with Gasteiger partial charge in [0.05, 0.1) is 19.2 Å². The third kappa shape index (κ3) is 65.7. The number of nitrogens with zero attached hydrogens (tertiary/aromatic N) is 1. The molecule has 0 aliphatic heterocycles. The first kappa shape index (κ1) is 95.4. The quantitative estimate of drug-likeness (QED) is 0.0556. The van der Waals surface area contributed by atoms with Gasteiger partial charge < -0.3 is 76.4 Å². The second-order valence-electron chi connectivity index (χ2n) is 11.3. The first-order chi connectivity index (χ1) is 25.6. The molecule has 0 amide bonds. The molecule has 0 fully saturated rings. The summed E-state index contributed by atoms with van der Waals surface area (Å²) in [5, 5.41) is 32.1. The number of nitrogens with one attached hydrogen (secondary N) is 3. The smallest absolute Gasteiger partial charge is 0.320 e. The van der Waals surface area contributed by atoms with E-state index >= 15 is 0 Å². The van der Waals surface area contributed by atoms with Gasteiger partial charge in [-0.05, 0) is 54.5 Å². The summed E-state index contributed by atoms with van der Waals surface area (Å²) in [5.74, 6) is -0.486. The molecule has 0 aliphatic rings. The molecule has 14 nitrogen and oxygen atoms in total. The minimum atomic E-state index is -0.845. The van der Waals surface area contributed by atoms with Gasteiger partial charge in [0.1, 0.15) is 17.3 Å². The van der Waals surface area contributed by atoms with Crippen LogP contribution in [-0.4, -0.2) is 136 Å². The molecule has 0 heterocycles. The molecule has 5 atom stereocenters. The van der Waals surface area contributed by atoms with Crippen LogP contribution in [0.15, 0.2) is 0 Å². The van der Waals surface area contributed by atoms with Gasteiger partial charge in [-0.25, -0.2) is 0 Å². The van der Waals surface area contributed by atoms with Crippen molar-refractivity contribution in [3.05, 3.63) is 34.6 Å². The summed E-state index contributed by atoms with van der Waals surface area (Å²) in [6.45, 7) is 26.2. The fraction of sp³-hybridized carbons (Fsp3) is 0.756. The van der Waals surface area contributed by atoms with E-state index in [2.05, 4.69) is 69.2 Å². The van der Waals surface area contributed by atoms with E-state index in [4.69, 9.17) is 21.1 Å². The minimum Gasteiger partial charge on any atom is -0.480 e. The molecule has 0 aromatic rings. The van der Waals surface area contributed by atoms with Crippen molar-refractivity contribution in [3.8, 4) is 0 Å². The Bertz CT molecular complexity index is 819. The molecule has 0 aromatic carbocycles. The molecule has 366 valence electrons. The summed E-state index contributed by atoms with van der Waals surface area (Å²) in [4.78, 5) is 56.1. The van der Waals surface area contributed by atoms with Crippen molar-refractivity contribution in [2.24, 2.45) is 5.73 Å². The maximum absolute atomic E-state index is 11.3. The fourth-order valence-electron chi connectivity index (χ4n) is 3.70. The van der Waals surface area contributed by atoms with Gasteiger partial charge in [0, 0.05) is 156 Å². The van der Waals surface area contributed by atoms with Gasteiger partial charge in [0.2, 0.25) is 0 Å². The molecule has 0 saturated carbocycles. The summed E-state index contributed by atoms with van der Waals surface area (Å²) in [6, 6.07) is -1.19. The van der Waals surface area contributed by atoms with E-state index in [1.807, 2.05) is 27.9 Å². The van der Waals surface area contributed by atoms with Crippen LogP contribution < -0.4 is 21.7 Å². The standard InChI is InChI=1S/C9H18NO.C8H16NO2.C8H16NO.C7H14NO2.C5H10NO2.C2H6.CH4O.CH4.5W/c1-4-6-7-9(11)8(5-2)10-3;1-3-7(9-2)8(11)5-4-6-10;1-3-5-6-8(10)7(9)4-2;1-5-6(8(2)3)7(9)10-4;1-3-4(6-2)5(7)8;2*1-2;;;;;;/h8,10H,2,4-7H2,1,3H3;7,9-10H,1,3-6H2,2H3;7H,2-6,9H2,1H3;6H,1,5H2,2-4H3;4,6H,1,3H2,2H3,(H,7,8);1-2H3;2H,1H3;1H4;;;;;/q5*-1;;;;;;;;/t8-;2*7-;6-;4-;;;;;;;;/m00000......../s1. The number of aliphatic hydroxyl groups excluding tert-OH is 2. The summed E-state index contributed by atoms with van der Waals surface area (Å²) >= 11 is 0. The van der Waals surface area contributed by atoms with Crippen molar-refractivity contribution in [3.63, 3.8) is 0 Å². The number of carboxylic acids is 1. The average molecular weight is 1710 g/mol. The topological polar surface area (TPSA) is 221 Å². The number of nitrogens with two attached hydrogens (primary N) is 1. The predicted octanol–water partition coefficient (Wildman–Crippen LogP) is 4.45. The van der Waals surface area contributed by atoms with Gasteiger partial charge in [-0.15, -0.1) is 0 Å². The Morgan fingerprint density at radius 1 is 0.633 bits per heavy atom. The molecular weight excluding hydrogens is 1630 g/mol. The maximum Gasteiger partial charge on any atom is 0.320 e. The van der Waals surface area contributed by atoms with Crippen molar-refractivity contribution in [2.75, 3.05) is 56.1 Å². The Labute approximate surface area is 440 Å². The molecule has 0 unspecified atom stereocenters. The van der Waals surface area contributed by atoms with E-state index in [1.54, 1.807) is 26.0 Å². The Balaban J connectivity index is -0.0000000400. The fourth-order valence-corrected chi connectivity index (χ4v) is 3.70. The second kappa shape index (κ2) is 77.3. The van der Waals surface area contributed by atoms with Gasteiger partial charge in [0.25, 0.3) is 0 Å². The summed E-state index contributed by atoms with van der Waals surface area (Å²) in [6.07, 6.45) is 9.05. The largest absolute Gasteiger partial charge is 0.480 e. The Kier molecular flexibility index (Phi) is 123. The number of aliphatic carboxylic acids is 1. The van der Waals surface area contributed by atoms with Crippen molar-refractivity contribution < 1.29 is 149 Å². The van der Waals surface area contributed by atoms with E-state index in [0.29, 0.717) is 63.6 Å². The normalized spacial score (nSPS) is 11.1. The zero-order valence-corrected chi connectivity index (χ0v) is 52.8. The second-order valence-corrected chi connectivity index (χ2v) is 11.3. The minimum absolute atomic E-state index is 0. The van der Waals surface area contributed by atoms with Crippen LogP contribution in [0.25, 0.3) is 0 Å². The number of ether oxygens (including phenoxy) is 1. The number of Topliss-reactive ketones (excluding diaryl/α,β-unsaturated/α-hetero) is 3. The first-order valence-electron chi connectivity index (χ1n) is 18.9. The van der Waals surface area contributed by atoms with Crippen molar-refractivity contribution in [1.82, 2.24) is 20.9 Å². The van der Waals surface area contributed by atoms with Gasteiger partial charge in [-0.3, -0.25) is 28.9 Å². The van der Waals surface area contributed by atoms with E-state index < -0.39 is 12.0 Å². The number of likely N-dealkylation sites (N-methyl/N-ethyl adjacent to an activating group) is 4. The van der Waals surface area contributed by atoms with Crippen molar-refractivity contribution >= 4 is 29.3 Å². The van der Waals surface area contributed by atoms with Gasteiger partial charge in [-0.1, -0.05) is 48.0 Å². The zero-order valence-electron chi connectivity index (χ0n) is 38.2. The third-order valence-corrected chi connectivity index (χ3v) is 7.22. The number of unbranched alkanes of at least 4 members (excludes halogenated alkanes) is 2. The summed E-state index contributed by atoms with van der Waals surface area (Å²) < 4.78 is 4.54. The third-order valence-electron chi connectivity index (χ3n) is 7.22. The molecule has 0 saturated heterocycles. The molecule has 0 radical (unpaired) electrons. The SMILES string of the molecule is C.CC.CO.[CH2-]C[C@@H](C(=O)OC)N(C)C.[CH2-]C[C@H](N)C(=O)CCCC.[CH2-]C[C@H](NC)C(=O)CCCC.[CH2-]C[C@H](NC)C(=O)CCCO.[CH2-]C[C@H](NC)C(=O)O.[W].[W].[W].[W].[W]. The number of methoxy groups -OCH3 is 1. The molecule has 0 rings (SSSR count).